The molecule has 1 unspecified atom stereocenters. The van der Waals surface area contributed by atoms with Crippen LogP contribution in [0.15, 0.2) is 66.7 Å². The van der Waals surface area contributed by atoms with E-state index in [0.717, 1.165) is 38.6 Å². The van der Waals surface area contributed by atoms with Crippen LogP contribution < -0.4 is 0 Å². The van der Waals surface area contributed by atoms with Gasteiger partial charge in [-0.15, -0.1) is 0 Å². The number of hydrogen-bond acceptors (Lipinski definition) is 3. The van der Waals surface area contributed by atoms with Crippen LogP contribution in [0, 0.1) is 0 Å². The van der Waals surface area contributed by atoms with Gasteiger partial charge in [0.2, 0.25) is 0 Å². The van der Waals surface area contributed by atoms with Crippen molar-refractivity contribution in [1.29, 1.82) is 0 Å². The van der Waals surface area contributed by atoms with Crippen molar-refractivity contribution in [2.45, 2.75) is 19.6 Å². The predicted molar refractivity (Wildman–Crippen MR) is 103 cm³/mol. The van der Waals surface area contributed by atoms with Gasteiger partial charge in [-0.05, 0) is 40.5 Å². The van der Waals surface area contributed by atoms with E-state index in [0.29, 0.717) is 12.2 Å². The summed E-state index contributed by atoms with van der Waals surface area (Å²) in [6, 6.07) is 18.6. The first-order chi connectivity index (χ1) is 12.6. The Morgan fingerprint density at radius 1 is 1.04 bits per heavy atom. The van der Waals surface area contributed by atoms with Gasteiger partial charge in [0, 0.05) is 23.8 Å². The topological polar surface area (TPSA) is 35.5 Å². The lowest BCUT2D eigenvalue weighted by Crippen LogP contribution is -2.17. The van der Waals surface area contributed by atoms with Gasteiger partial charge in [0.1, 0.15) is 0 Å². The van der Waals surface area contributed by atoms with Gasteiger partial charge in [0.05, 0.1) is 6.61 Å². The second-order valence-electron chi connectivity index (χ2n) is 6.67. The molecule has 130 valence electrons. The molecule has 1 atom stereocenters. The molecule has 1 aliphatic rings. The molecule has 0 spiro atoms. The number of carbonyl (C=O) groups excluding carboxylic acids is 1. The van der Waals surface area contributed by atoms with Gasteiger partial charge in [-0.1, -0.05) is 55.1 Å². The number of fused-ring (bicyclic) bond motifs is 2. The summed E-state index contributed by atoms with van der Waals surface area (Å²) in [5.74, 6) is -0.377. The summed E-state index contributed by atoms with van der Waals surface area (Å²) < 4.78 is 11.1. The third kappa shape index (κ3) is 2.61. The highest BCUT2D eigenvalue weighted by Gasteiger charge is 2.30. The molecule has 0 radical (unpaired) electrons. The van der Waals surface area contributed by atoms with Gasteiger partial charge in [-0.2, -0.15) is 0 Å². The van der Waals surface area contributed by atoms with Crippen molar-refractivity contribution < 1.29 is 14.3 Å². The Balaban J connectivity index is 1.98. The Kier molecular flexibility index (Phi) is 4.09. The van der Waals surface area contributed by atoms with Crippen molar-refractivity contribution in [3.63, 3.8) is 0 Å². The SMILES string of the molecule is C=C(C)C(=O)OC1c2ccc(COC)cc2-c2cccc3cccc1c23. The summed E-state index contributed by atoms with van der Waals surface area (Å²) in [6.45, 7) is 5.93. The fraction of sp³-hybridized carbons (Fsp3) is 0.174. The smallest absolute Gasteiger partial charge is 0.334 e. The van der Waals surface area contributed by atoms with Crippen molar-refractivity contribution in [3.8, 4) is 11.1 Å². The summed E-state index contributed by atoms with van der Waals surface area (Å²) in [5.41, 5.74) is 5.74. The molecule has 26 heavy (non-hydrogen) atoms. The molecule has 0 saturated carbocycles. The molecule has 3 heteroatoms. The lowest BCUT2D eigenvalue weighted by Gasteiger charge is -2.29. The van der Waals surface area contributed by atoms with Crippen molar-refractivity contribution in [1.82, 2.24) is 0 Å². The monoisotopic (exact) mass is 344 g/mol. The zero-order valence-electron chi connectivity index (χ0n) is 14.9. The number of methoxy groups -OCH3 is 1. The number of esters is 1. The maximum Gasteiger partial charge on any atom is 0.334 e. The minimum atomic E-state index is -0.440. The Hall–Kier alpha value is -2.91. The minimum Gasteiger partial charge on any atom is -0.449 e. The Bertz CT molecular complexity index is 1030. The van der Waals surface area contributed by atoms with Gasteiger partial charge < -0.3 is 9.47 Å². The van der Waals surface area contributed by atoms with Crippen molar-refractivity contribution in [2.75, 3.05) is 7.11 Å². The lowest BCUT2D eigenvalue weighted by molar-refractivity contribution is -0.142. The van der Waals surface area contributed by atoms with E-state index in [2.05, 4.69) is 36.9 Å². The molecule has 0 aromatic heterocycles. The largest absolute Gasteiger partial charge is 0.449 e. The summed E-state index contributed by atoms with van der Waals surface area (Å²) in [5, 5.41) is 2.27. The lowest BCUT2D eigenvalue weighted by atomic mass is 9.81. The molecule has 0 fully saturated rings. The maximum absolute atomic E-state index is 12.3. The van der Waals surface area contributed by atoms with Crippen LogP contribution in [0.25, 0.3) is 21.9 Å². The first-order valence-electron chi connectivity index (χ1n) is 8.60. The zero-order chi connectivity index (χ0) is 18.3. The second kappa shape index (κ2) is 6.43. The van der Waals surface area contributed by atoms with Crippen molar-refractivity contribution in [3.05, 3.63) is 83.4 Å². The summed E-state index contributed by atoms with van der Waals surface area (Å²) in [4.78, 5) is 12.3. The van der Waals surface area contributed by atoms with E-state index in [1.165, 1.54) is 0 Å². The van der Waals surface area contributed by atoms with Gasteiger partial charge >= 0.3 is 5.97 Å². The van der Waals surface area contributed by atoms with Crippen LogP contribution >= 0.6 is 0 Å². The number of rotatable bonds is 4. The summed E-state index contributed by atoms with van der Waals surface area (Å²) in [6.07, 6.45) is -0.440. The maximum atomic E-state index is 12.3. The molecule has 3 nitrogen and oxygen atoms in total. The average Bonchev–Trinajstić information content (AvgIpc) is 2.65. The molecule has 3 aromatic rings. The molecule has 0 saturated heterocycles. The van der Waals surface area contributed by atoms with Crippen LogP contribution in [0.5, 0.6) is 0 Å². The van der Waals surface area contributed by atoms with E-state index in [1.807, 2.05) is 24.3 Å². The van der Waals surface area contributed by atoms with E-state index >= 15 is 0 Å². The highest BCUT2D eigenvalue weighted by molar-refractivity contribution is 6.02. The molecular formula is C23H20O3. The molecule has 4 rings (SSSR count). The average molecular weight is 344 g/mol. The predicted octanol–water partition coefficient (Wildman–Crippen LogP) is 5.18. The van der Waals surface area contributed by atoms with Gasteiger partial charge in [0.15, 0.2) is 6.10 Å². The van der Waals surface area contributed by atoms with Crippen LogP contribution in [0.3, 0.4) is 0 Å². The van der Waals surface area contributed by atoms with E-state index in [4.69, 9.17) is 9.47 Å². The number of hydrogen-bond donors (Lipinski definition) is 0. The molecule has 0 N–H and O–H groups in total. The van der Waals surface area contributed by atoms with Crippen molar-refractivity contribution in [2.24, 2.45) is 0 Å². The number of carbonyl (C=O) groups is 1. The van der Waals surface area contributed by atoms with E-state index in [1.54, 1.807) is 14.0 Å². The van der Waals surface area contributed by atoms with Gasteiger partial charge in [-0.25, -0.2) is 4.79 Å². The summed E-state index contributed by atoms with van der Waals surface area (Å²) in [7, 11) is 1.69. The van der Waals surface area contributed by atoms with E-state index < -0.39 is 6.10 Å². The number of ether oxygens (including phenoxy) is 2. The molecule has 0 aliphatic heterocycles. The Morgan fingerprint density at radius 2 is 1.81 bits per heavy atom. The van der Waals surface area contributed by atoms with Crippen molar-refractivity contribution >= 4 is 16.7 Å². The molecule has 0 bridgehead atoms. The highest BCUT2D eigenvalue weighted by Crippen LogP contribution is 2.46. The standard InChI is InChI=1S/C23H20O3/c1-14(2)23(24)26-22-18-11-10-15(13-25-3)12-20(18)17-8-4-6-16-7-5-9-19(22)21(16)17/h4-12,22H,1,13H2,2-3H3. The second-order valence-corrected chi connectivity index (χ2v) is 6.67. The van der Waals surface area contributed by atoms with Gasteiger partial charge in [0.25, 0.3) is 0 Å². The number of benzene rings is 3. The molecular weight excluding hydrogens is 324 g/mol. The van der Waals surface area contributed by atoms with Gasteiger partial charge in [-0.3, -0.25) is 0 Å². The highest BCUT2D eigenvalue weighted by atomic mass is 16.5. The molecule has 0 amide bonds. The zero-order valence-corrected chi connectivity index (χ0v) is 14.9. The van der Waals surface area contributed by atoms with Crippen LogP contribution in [-0.2, 0) is 20.9 Å². The van der Waals surface area contributed by atoms with Crippen LogP contribution in [-0.4, -0.2) is 13.1 Å². The van der Waals surface area contributed by atoms with E-state index in [-0.39, 0.29) is 5.97 Å². The normalized spacial score (nSPS) is 14.8. The van der Waals surface area contributed by atoms with Crippen LogP contribution in [0.2, 0.25) is 0 Å². The third-order valence-electron chi connectivity index (χ3n) is 4.79. The molecule has 3 aromatic carbocycles. The first kappa shape index (κ1) is 16.6. The fourth-order valence-electron chi connectivity index (χ4n) is 3.64. The fourth-order valence-corrected chi connectivity index (χ4v) is 3.64. The van der Waals surface area contributed by atoms with Crippen LogP contribution in [0.4, 0.5) is 0 Å². The molecule has 0 heterocycles. The Labute approximate surface area is 152 Å². The molecule has 1 aliphatic carbocycles. The first-order valence-corrected chi connectivity index (χ1v) is 8.60. The van der Waals surface area contributed by atoms with Crippen LogP contribution in [0.1, 0.15) is 29.7 Å². The summed E-state index contributed by atoms with van der Waals surface area (Å²) >= 11 is 0. The Morgan fingerprint density at radius 3 is 2.54 bits per heavy atom. The third-order valence-corrected chi connectivity index (χ3v) is 4.79. The quantitative estimate of drug-likeness (QED) is 0.483. The minimum absolute atomic E-state index is 0.377. The van der Waals surface area contributed by atoms with E-state index in [9.17, 15) is 4.79 Å².